The van der Waals surface area contributed by atoms with E-state index in [0.29, 0.717) is 16.5 Å². The first-order valence-corrected chi connectivity index (χ1v) is 9.49. The average molecular weight is 437 g/mol. The molecule has 0 saturated heterocycles. The minimum absolute atomic E-state index is 0.00352. The molecular formula is C23H17F2N3O4. The molecule has 4 aromatic rings. The predicted octanol–water partition coefficient (Wildman–Crippen LogP) is 4.25. The molecule has 1 amide bonds. The summed E-state index contributed by atoms with van der Waals surface area (Å²) in [5.74, 6) is -0.768. The Balaban J connectivity index is 1.78. The number of aromatic nitrogens is 2. The van der Waals surface area contributed by atoms with Crippen LogP contribution >= 0.6 is 0 Å². The fourth-order valence-electron chi connectivity index (χ4n) is 3.23. The van der Waals surface area contributed by atoms with Gasteiger partial charge in [-0.1, -0.05) is 36.4 Å². The number of anilines is 1. The van der Waals surface area contributed by atoms with Gasteiger partial charge in [-0.15, -0.1) is 0 Å². The Morgan fingerprint density at radius 3 is 2.34 bits per heavy atom. The van der Waals surface area contributed by atoms with Crippen LogP contribution in [0.2, 0.25) is 0 Å². The third-order valence-corrected chi connectivity index (χ3v) is 4.66. The summed E-state index contributed by atoms with van der Waals surface area (Å²) in [5, 5.41) is 7.58. The Kier molecular flexibility index (Phi) is 5.80. The summed E-state index contributed by atoms with van der Waals surface area (Å²) in [6.45, 7) is -3.06. The van der Waals surface area contributed by atoms with Gasteiger partial charge in [-0.25, -0.2) is 0 Å². The van der Waals surface area contributed by atoms with Gasteiger partial charge in [0, 0.05) is 17.1 Å². The summed E-state index contributed by atoms with van der Waals surface area (Å²) in [7, 11) is 1.31. The number of halogens is 2. The zero-order chi connectivity index (χ0) is 22.7. The van der Waals surface area contributed by atoms with Crippen LogP contribution < -0.4 is 20.3 Å². The van der Waals surface area contributed by atoms with Gasteiger partial charge < -0.3 is 14.8 Å². The number of ether oxygens (including phenoxy) is 2. The molecule has 0 aliphatic heterocycles. The number of methoxy groups -OCH3 is 1. The number of hydrogen-bond acceptors (Lipinski definition) is 5. The minimum atomic E-state index is -3.06. The first-order chi connectivity index (χ1) is 15.5. The standard InChI is InChI=1S/C23H17F2N3O4/c1-31-18-12-11-14(13-19(18)32-23(24)25)26-21(29)20-16-9-5-6-10-17(16)22(30)28(27-20)15-7-3-2-4-8-15/h2-13,23H,1H3,(H,26,29). The molecule has 0 unspecified atom stereocenters. The topological polar surface area (TPSA) is 82.5 Å². The summed E-state index contributed by atoms with van der Waals surface area (Å²) >= 11 is 0. The van der Waals surface area contributed by atoms with Crippen molar-refractivity contribution < 1.29 is 23.0 Å². The van der Waals surface area contributed by atoms with E-state index in [9.17, 15) is 18.4 Å². The first-order valence-electron chi connectivity index (χ1n) is 9.49. The monoisotopic (exact) mass is 437 g/mol. The van der Waals surface area contributed by atoms with Crippen molar-refractivity contribution in [2.75, 3.05) is 12.4 Å². The van der Waals surface area contributed by atoms with E-state index in [-0.39, 0.29) is 28.4 Å². The van der Waals surface area contributed by atoms with Crippen molar-refractivity contribution in [3.05, 3.63) is 88.8 Å². The normalized spacial score (nSPS) is 10.9. The largest absolute Gasteiger partial charge is 0.493 e. The van der Waals surface area contributed by atoms with Crippen LogP contribution in [-0.4, -0.2) is 29.4 Å². The van der Waals surface area contributed by atoms with Gasteiger partial charge >= 0.3 is 6.61 Å². The van der Waals surface area contributed by atoms with E-state index in [1.165, 1.54) is 25.3 Å². The minimum Gasteiger partial charge on any atom is -0.493 e. The maximum Gasteiger partial charge on any atom is 0.387 e. The van der Waals surface area contributed by atoms with E-state index in [0.717, 1.165) is 4.68 Å². The molecule has 3 aromatic carbocycles. The number of carbonyl (C=O) groups is 1. The lowest BCUT2D eigenvalue weighted by molar-refractivity contribution is -0.0511. The summed E-state index contributed by atoms with van der Waals surface area (Å²) in [4.78, 5) is 26.0. The molecule has 0 atom stereocenters. The summed E-state index contributed by atoms with van der Waals surface area (Å²) < 4.78 is 36.0. The molecule has 0 aliphatic rings. The second-order valence-electron chi connectivity index (χ2n) is 6.64. The summed E-state index contributed by atoms with van der Waals surface area (Å²) in [5.41, 5.74) is 0.306. The highest BCUT2D eigenvalue weighted by molar-refractivity contribution is 6.11. The maximum absolute atomic E-state index is 13.1. The molecule has 0 fully saturated rings. The number of amides is 1. The predicted molar refractivity (Wildman–Crippen MR) is 115 cm³/mol. The second-order valence-corrected chi connectivity index (χ2v) is 6.64. The SMILES string of the molecule is COc1ccc(NC(=O)c2nn(-c3ccccc3)c(=O)c3ccccc23)cc1OC(F)F. The second kappa shape index (κ2) is 8.84. The quantitative estimate of drug-likeness (QED) is 0.488. The van der Waals surface area contributed by atoms with Gasteiger partial charge in [0.15, 0.2) is 17.2 Å². The van der Waals surface area contributed by atoms with E-state index in [1.54, 1.807) is 54.6 Å². The van der Waals surface area contributed by atoms with Crippen molar-refractivity contribution in [3.8, 4) is 17.2 Å². The van der Waals surface area contributed by atoms with Crippen LogP contribution in [0.3, 0.4) is 0 Å². The Bertz CT molecular complexity index is 1340. The van der Waals surface area contributed by atoms with E-state index >= 15 is 0 Å². The van der Waals surface area contributed by atoms with Crippen molar-refractivity contribution in [1.29, 1.82) is 0 Å². The fourth-order valence-corrected chi connectivity index (χ4v) is 3.23. The van der Waals surface area contributed by atoms with Crippen molar-refractivity contribution in [2.24, 2.45) is 0 Å². The maximum atomic E-state index is 13.1. The Hall–Kier alpha value is -4.27. The van der Waals surface area contributed by atoms with E-state index in [1.807, 2.05) is 0 Å². The number of rotatable bonds is 6. The average Bonchev–Trinajstić information content (AvgIpc) is 2.80. The summed E-state index contributed by atoms with van der Waals surface area (Å²) in [6, 6.07) is 19.4. The molecule has 4 rings (SSSR count). The zero-order valence-corrected chi connectivity index (χ0v) is 16.8. The summed E-state index contributed by atoms with van der Waals surface area (Å²) in [6.07, 6.45) is 0. The number of fused-ring (bicyclic) bond motifs is 1. The number of para-hydroxylation sites is 1. The van der Waals surface area contributed by atoms with Crippen LogP contribution in [0.25, 0.3) is 16.5 Å². The molecule has 0 spiro atoms. The molecule has 9 heteroatoms. The molecule has 7 nitrogen and oxygen atoms in total. The molecule has 1 N–H and O–H groups in total. The number of nitrogens with zero attached hydrogens (tertiary/aromatic N) is 2. The lowest BCUT2D eigenvalue weighted by atomic mass is 10.1. The number of nitrogens with one attached hydrogen (secondary N) is 1. The van der Waals surface area contributed by atoms with Crippen LogP contribution in [0.4, 0.5) is 14.5 Å². The number of benzene rings is 3. The van der Waals surface area contributed by atoms with Crippen molar-refractivity contribution in [3.63, 3.8) is 0 Å². The van der Waals surface area contributed by atoms with E-state index in [4.69, 9.17) is 4.74 Å². The molecular weight excluding hydrogens is 420 g/mol. The molecule has 0 bridgehead atoms. The van der Waals surface area contributed by atoms with Gasteiger partial charge in [0.1, 0.15) is 0 Å². The van der Waals surface area contributed by atoms with Gasteiger partial charge in [-0.3, -0.25) is 9.59 Å². The molecule has 162 valence electrons. The number of carbonyl (C=O) groups excluding carboxylic acids is 1. The highest BCUT2D eigenvalue weighted by Gasteiger charge is 2.19. The van der Waals surface area contributed by atoms with Gasteiger partial charge in [0.25, 0.3) is 11.5 Å². The van der Waals surface area contributed by atoms with Crippen LogP contribution in [0.1, 0.15) is 10.5 Å². The Labute approximate surface area is 180 Å². The lowest BCUT2D eigenvalue weighted by Gasteiger charge is -2.13. The van der Waals surface area contributed by atoms with Crippen LogP contribution in [-0.2, 0) is 0 Å². The van der Waals surface area contributed by atoms with Crippen LogP contribution in [0, 0.1) is 0 Å². The van der Waals surface area contributed by atoms with Crippen LogP contribution in [0.15, 0.2) is 77.6 Å². The molecule has 0 saturated carbocycles. The van der Waals surface area contributed by atoms with Crippen molar-refractivity contribution >= 4 is 22.4 Å². The van der Waals surface area contributed by atoms with E-state index in [2.05, 4.69) is 15.2 Å². The zero-order valence-electron chi connectivity index (χ0n) is 16.8. The third kappa shape index (κ3) is 4.13. The highest BCUT2D eigenvalue weighted by atomic mass is 19.3. The highest BCUT2D eigenvalue weighted by Crippen LogP contribution is 2.31. The van der Waals surface area contributed by atoms with Gasteiger partial charge in [-0.05, 0) is 30.3 Å². The Morgan fingerprint density at radius 1 is 0.969 bits per heavy atom. The van der Waals surface area contributed by atoms with Crippen molar-refractivity contribution in [1.82, 2.24) is 9.78 Å². The molecule has 1 heterocycles. The molecule has 0 aliphatic carbocycles. The fraction of sp³-hybridized carbons (Fsp3) is 0.0870. The van der Waals surface area contributed by atoms with E-state index < -0.39 is 12.5 Å². The molecule has 0 radical (unpaired) electrons. The third-order valence-electron chi connectivity index (χ3n) is 4.66. The number of hydrogen-bond donors (Lipinski definition) is 1. The van der Waals surface area contributed by atoms with Gasteiger partial charge in [0.2, 0.25) is 0 Å². The van der Waals surface area contributed by atoms with Crippen LogP contribution in [0.5, 0.6) is 11.5 Å². The lowest BCUT2D eigenvalue weighted by Crippen LogP contribution is -2.26. The number of alkyl halides is 2. The van der Waals surface area contributed by atoms with Crippen molar-refractivity contribution in [2.45, 2.75) is 6.61 Å². The first kappa shape index (κ1) is 21.0. The van der Waals surface area contributed by atoms with Gasteiger partial charge in [0.05, 0.1) is 18.2 Å². The molecule has 1 aromatic heterocycles. The van der Waals surface area contributed by atoms with Gasteiger partial charge in [-0.2, -0.15) is 18.6 Å². The Morgan fingerprint density at radius 2 is 1.66 bits per heavy atom. The smallest absolute Gasteiger partial charge is 0.387 e. The molecule has 32 heavy (non-hydrogen) atoms.